The van der Waals surface area contributed by atoms with Gasteiger partial charge in [0.05, 0.1) is 30.4 Å². The number of hydrogen-bond donors (Lipinski definition) is 1. The van der Waals surface area contributed by atoms with Gasteiger partial charge in [-0.15, -0.1) is 0 Å². The molecule has 1 saturated carbocycles. The van der Waals surface area contributed by atoms with Crippen LogP contribution >= 0.6 is 0 Å². The molecule has 0 unspecified atom stereocenters. The summed E-state index contributed by atoms with van der Waals surface area (Å²) in [4.78, 5) is 11.2. The average Bonchev–Trinajstić information content (AvgIpc) is 3.41. The quantitative estimate of drug-likeness (QED) is 0.799. The number of hydrogen-bond acceptors (Lipinski definition) is 4. The predicted octanol–water partition coefficient (Wildman–Crippen LogP) is 3.47. The molecule has 0 amide bonds. The zero-order valence-electron chi connectivity index (χ0n) is 21.8. The summed E-state index contributed by atoms with van der Waals surface area (Å²) in [6, 6.07) is 1.08. The van der Waals surface area contributed by atoms with Crippen LogP contribution in [0.2, 0.25) is 0 Å². The van der Waals surface area contributed by atoms with Gasteiger partial charge >= 0.3 is 0 Å². The van der Waals surface area contributed by atoms with E-state index in [1.54, 1.807) is 12.3 Å². The standard InChI is InChI=1S/C17H18N6/c18-7-5-15(12-3-1-2-4-12)23-10-13(9-22-23)16-14-6-8-19-17(14)21-11-20-16/h6,8-12,15H,1-5H2,(H,19,20,21)/t15-/m1/s1/i1D2,2D2,3D2,4D2,5D2. The van der Waals surface area contributed by atoms with Gasteiger partial charge in [0.25, 0.3) is 0 Å². The topological polar surface area (TPSA) is 83.2 Å². The van der Waals surface area contributed by atoms with Crippen LogP contribution in [0.15, 0.2) is 31.0 Å². The largest absolute Gasteiger partial charge is 0.346 e. The SMILES string of the molecule is [2H]C([2H])(C#N)[C@H](C1C([2H])([2H])C([2H])([2H])C([2H])([2H])C1([2H])[2H])n1cc(-c2ncnc3[nH]ccc23)cn1. The Bertz CT molecular complexity index is 1230. The van der Waals surface area contributed by atoms with Crippen molar-refractivity contribution >= 4 is 11.0 Å². The van der Waals surface area contributed by atoms with E-state index in [1.165, 1.54) is 24.8 Å². The highest BCUT2D eigenvalue weighted by atomic mass is 15.3. The van der Waals surface area contributed by atoms with Gasteiger partial charge in [-0.05, 0) is 24.7 Å². The predicted molar refractivity (Wildman–Crippen MR) is 86.3 cm³/mol. The Morgan fingerprint density at radius 3 is 3.17 bits per heavy atom. The van der Waals surface area contributed by atoms with Gasteiger partial charge in [0.15, 0.2) is 0 Å². The minimum absolute atomic E-state index is 0.339. The Balaban J connectivity index is 1.91. The molecule has 1 fully saturated rings. The third-order valence-electron chi connectivity index (χ3n) is 3.56. The first kappa shape index (κ1) is 6.83. The van der Waals surface area contributed by atoms with Crippen LogP contribution in [-0.2, 0) is 0 Å². The van der Waals surface area contributed by atoms with Crippen molar-refractivity contribution in [3.05, 3.63) is 31.0 Å². The fraction of sp³-hybridized carbons (Fsp3) is 0.412. The van der Waals surface area contributed by atoms with Crippen LogP contribution in [0.5, 0.6) is 0 Å². The molecule has 4 rings (SSSR count). The molecule has 1 aliphatic carbocycles. The second kappa shape index (κ2) is 5.84. The average molecular weight is 316 g/mol. The monoisotopic (exact) mass is 316 g/mol. The van der Waals surface area contributed by atoms with Crippen molar-refractivity contribution in [1.29, 1.82) is 5.26 Å². The molecule has 0 radical (unpaired) electrons. The number of aromatic amines is 1. The van der Waals surface area contributed by atoms with Crippen LogP contribution in [0.1, 0.15) is 51.6 Å². The summed E-state index contributed by atoms with van der Waals surface area (Å²) in [7, 11) is 0. The third kappa shape index (κ3) is 2.48. The normalized spacial score (nSPS) is 32.5. The molecule has 3 aromatic rings. The molecule has 0 bridgehead atoms. The number of rotatable bonds is 4. The van der Waals surface area contributed by atoms with E-state index in [9.17, 15) is 5.26 Å². The Labute approximate surface area is 148 Å². The molecule has 6 nitrogen and oxygen atoms in total. The lowest BCUT2D eigenvalue weighted by Crippen LogP contribution is -2.17. The number of nitrogens with one attached hydrogen (secondary N) is 1. The number of fused-ring (bicyclic) bond motifs is 1. The smallest absolute Gasteiger partial charge is 0.141 e. The molecule has 0 aliphatic heterocycles. The van der Waals surface area contributed by atoms with E-state index < -0.39 is 43.8 Å². The summed E-state index contributed by atoms with van der Waals surface area (Å²) in [5.41, 5.74) is 1.25. The van der Waals surface area contributed by atoms with Gasteiger partial charge in [-0.25, -0.2) is 9.97 Å². The van der Waals surface area contributed by atoms with E-state index in [1.807, 2.05) is 0 Å². The van der Waals surface area contributed by atoms with Gasteiger partial charge in [0.2, 0.25) is 0 Å². The molecule has 6 heteroatoms. The van der Waals surface area contributed by atoms with Gasteiger partial charge in [-0.2, -0.15) is 10.4 Å². The molecule has 116 valence electrons. The fourth-order valence-corrected chi connectivity index (χ4v) is 2.50. The minimum atomic E-state index is -3.32. The zero-order valence-corrected chi connectivity index (χ0v) is 11.8. The summed E-state index contributed by atoms with van der Waals surface area (Å²) in [5.74, 6) is -2.24. The van der Waals surface area contributed by atoms with Crippen LogP contribution in [0, 0.1) is 17.2 Å². The summed E-state index contributed by atoms with van der Waals surface area (Å²) < 4.78 is 82.7. The van der Waals surface area contributed by atoms with Crippen molar-refractivity contribution < 1.29 is 13.7 Å². The lowest BCUT2D eigenvalue weighted by Gasteiger charge is -2.21. The number of nitrogens with zero attached hydrogens (tertiary/aromatic N) is 5. The summed E-state index contributed by atoms with van der Waals surface area (Å²) in [6.07, 6.45) is -10.5. The Morgan fingerprint density at radius 2 is 2.35 bits per heavy atom. The lowest BCUT2D eigenvalue weighted by atomic mass is 9.96. The van der Waals surface area contributed by atoms with Crippen LogP contribution in [0.4, 0.5) is 0 Å². The second-order valence-corrected chi connectivity index (χ2v) is 4.89. The van der Waals surface area contributed by atoms with Crippen LogP contribution in [-0.4, -0.2) is 24.7 Å². The Morgan fingerprint density at radius 1 is 1.48 bits per heavy atom. The molecule has 1 N–H and O–H groups in total. The van der Waals surface area contributed by atoms with Gasteiger partial charge < -0.3 is 4.98 Å². The highest BCUT2D eigenvalue weighted by Crippen LogP contribution is 2.36. The summed E-state index contributed by atoms with van der Waals surface area (Å²) in [5, 5.41) is 14.2. The van der Waals surface area contributed by atoms with Crippen LogP contribution in [0.25, 0.3) is 22.3 Å². The van der Waals surface area contributed by atoms with Crippen molar-refractivity contribution in [1.82, 2.24) is 24.7 Å². The van der Waals surface area contributed by atoms with Crippen molar-refractivity contribution in [3.63, 3.8) is 0 Å². The molecule has 3 heterocycles. The highest BCUT2D eigenvalue weighted by molar-refractivity contribution is 5.89. The molecule has 3 aromatic heterocycles. The summed E-state index contributed by atoms with van der Waals surface area (Å²) in [6.45, 7) is 0. The fourth-order valence-electron chi connectivity index (χ4n) is 2.50. The van der Waals surface area contributed by atoms with Crippen molar-refractivity contribution in [3.8, 4) is 17.3 Å². The minimum Gasteiger partial charge on any atom is -0.346 e. The molecule has 0 spiro atoms. The van der Waals surface area contributed by atoms with E-state index >= 15 is 0 Å². The van der Waals surface area contributed by atoms with Gasteiger partial charge in [-0.3, -0.25) is 4.68 Å². The number of nitriles is 1. The van der Waals surface area contributed by atoms with Crippen LogP contribution < -0.4 is 0 Å². The van der Waals surface area contributed by atoms with Crippen LogP contribution in [0.3, 0.4) is 0 Å². The first-order valence-electron chi connectivity index (χ1n) is 11.8. The Hall–Kier alpha value is -2.68. The molecule has 0 saturated heterocycles. The lowest BCUT2D eigenvalue weighted by molar-refractivity contribution is 0.315. The third-order valence-corrected chi connectivity index (χ3v) is 3.56. The van der Waals surface area contributed by atoms with E-state index in [-0.39, 0.29) is 0 Å². The first-order chi connectivity index (χ1) is 15.1. The number of aromatic nitrogens is 5. The zero-order chi connectivity index (χ0) is 24.6. The molecule has 1 aliphatic rings. The molecule has 0 aromatic carbocycles. The first-order valence-corrected chi connectivity index (χ1v) is 6.85. The number of H-pyrrole nitrogens is 1. The maximum absolute atomic E-state index is 9.50. The molecule has 1 atom stereocenters. The van der Waals surface area contributed by atoms with Gasteiger partial charge in [-0.1, -0.05) is 12.7 Å². The highest BCUT2D eigenvalue weighted by Gasteiger charge is 2.27. The van der Waals surface area contributed by atoms with Crippen molar-refractivity contribution in [2.24, 2.45) is 5.92 Å². The van der Waals surface area contributed by atoms with Gasteiger partial charge in [0.1, 0.15) is 12.0 Å². The molecule has 23 heavy (non-hydrogen) atoms. The van der Waals surface area contributed by atoms with Crippen molar-refractivity contribution in [2.75, 3.05) is 0 Å². The second-order valence-electron chi connectivity index (χ2n) is 4.89. The molecular formula is C17H18N6. The maximum Gasteiger partial charge on any atom is 0.141 e. The van der Waals surface area contributed by atoms with Gasteiger partial charge in [0, 0.05) is 37.1 Å². The molecular weight excluding hydrogens is 288 g/mol. The van der Waals surface area contributed by atoms with Crippen molar-refractivity contribution in [2.45, 2.75) is 37.9 Å². The van der Waals surface area contributed by atoms with E-state index in [2.05, 4.69) is 20.1 Å². The van der Waals surface area contributed by atoms with E-state index in [4.69, 9.17) is 13.7 Å². The summed E-state index contributed by atoms with van der Waals surface area (Å²) >= 11 is 0. The Kier molecular flexibility index (Phi) is 1.73. The van der Waals surface area contributed by atoms with E-state index in [0.717, 1.165) is 4.68 Å². The maximum atomic E-state index is 9.50. The van der Waals surface area contributed by atoms with E-state index in [0.29, 0.717) is 22.3 Å².